The van der Waals surface area contributed by atoms with Crippen LogP contribution in [0.4, 0.5) is 18.9 Å². The van der Waals surface area contributed by atoms with Gasteiger partial charge in [0.05, 0.1) is 18.7 Å². The maximum Gasteiger partial charge on any atom is 0.392 e. The number of alkyl halides is 3. The highest BCUT2D eigenvalue weighted by Gasteiger charge is 2.27. The minimum atomic E-state index is -4.18. The summed E-state index contributed by atoms with van der Waals surface area (Å²) in [6.07, 6.45) is -5.11. The van der Waals surface area contributed by atoms with Gasteiger partial charge in [0.2, 0.25) is 0 Å². The Bertz CT molecular complexity index is 443. The molecule has 0 bridgehead atoms. The summed E-state index contributed by atoms with van der Waals surface area (Å²) < 4.78 is 41.9. The van der Waals surface area contributed by atoms with Gasteiger partial charge in [0, 0.05) is 26.2 Å². The Morgan fingerprint density at radius 2 is 1.95 bits per heavy atom. The average molecular weight is 288 g/mol. The van der Waals surface area contributed by atoms with Gasteiger partial charge in [-0.15, -0.1) is 0 Å². The standard InChI is InChI=1S/C14H19F3N2O/c1-11-2-3-13(20-9-4-14(15,16)17)12(10-11)19-7-5-18-6-8-19/h2-3,10,18H,4-9H2,1H3. The lowest BCUT2D eigenvalue weighted by atomic mass is 10.1. The van der Waals surface area contributed by atoms with Gasteiger partial charge in [-0.3, -0.25) is 0 Å². The molecule has 0 aromatic heterocycles. The van der Waals surface area contributed by atoms with Crippen LogP contribution < -0.4 is 15.0 Å². The largest absolute Gasteiger partial charge is 0.491 e. The maximum atomic E-state index is 12.2. The number of ether oxygens (including phenoxy) is 1. The van der Waals surface area contributed by atoms with Crippen LogP contribution in [-0.4, -0.2) is 39.0 Å². The highest BCUT2D eigenvalue weighted by atomic mass is 19.4. The van der Waals surface area contributed by atoms with Crippen molar-refractivity contribution in [2.45, 2.75) is 19.5 Å². The average Bonchev–Trinajstić information content (AvgIpc) is 2.40. The van der Waals surface area contributed by atoms with E-state index >= 15 is 0 Å². The highest BCUT2D eigenvalue weighted by molar-refractivity contribution is 5.60. The molecule has 1 N–H and O–H groups in total. The van der Waals surface area contributed by atoms with Crippen LogP contribution in [0.3, 0.4) is 0 Å². The number of hydrogen-bond acceptors (Lipinski definition) is 3. The molecule has 2 rings (SSSR count). The fourth-order valence-corrected chi connectivity index (χ4v) is 2.18. The van der Waals surface area contributed by atoms with Crippen LogP contribution in [0.5, 0.6) is 5.75 Å². The summed E-state index contributed by atoms with van der Waals surface area (Å²) in [6, 6.07) is 5.58. The van der Waals surface area contributed by atoms with Gasteiger partial charge >= 0.3 is 6.18 Å². The van der Waals surface area contributed by atoms with Crippen LogP contribution in [0.15, 0.2) is 18.2 Å². The van der Waals surface area contributed by atoms with Crippen LogP contribution >= 0.6 is 0 Å². The molecule has 0 aliphatic carbocycles. The molecule has 1 aromatic rings. The van der Waals surface area contributed by atoms with Crippen molar-refractivity contribution in [1.82, 2.24) is 5.32 Å². The Balaban J connectivity index is 2.07. The lowest BCUT2D eigenvalue weighted by Crippen LogP contribution is -2.43. The van der Waals surface area contributed by atoms with Crippen molar-refractivity contribution >= 4 is 5.69 Å². The normalized spacial score (nSPS) is 16.3. The van der Waals surface area contributed by atoms with Gasteiger partial charge in [0.1, 0.15) is 5.75 Å². The Morgan fingerprint density at radius 3 is 2.60 bits per heavy atom. The Labute approximate surface area is 116 Å². The van der Waals surface area contributed by atoms with E-state index in [1.54, 1.807) is 6.07 Å². The quantitative estimate of drug-likeness (QED) is 0.922. The number of aryl methyl sites for hydroxylation is 1. The number of anilines is 1. The summed E-state index contributed by atoms with van der Waals surface area (Å²) in [7, 11) is 0. The molecule has 0 unspecified atom stereocenters. The molecule has 1 fully saturated rings. The van der Waals surface area contributed by atoms with Crippen LogP contribution in [0.25, 0.3) is 0 Å². The van der Waals surface area contributed by atoms with E-state index in [1.807, 2.05) is 19.1 Å². The van der Waals surface area contributed by atoms with E-state index in [0.29, 0.717) is 5.75 Å². The lowest BCUT2D eigenvalue weighted by molar-refractivity contribution is -0.139. The van der Waals surface area contributed by atoms with Crippen LogP contribution in [0, 0.1) is 6.92 Å². The third-order valence-electron chi connectivity index (χ3n) is 3.22. The first-order valence-electron chi connectivity index (χ1n) is 6.71. The molecule has 1 aromatic carbocycles. The molecule has 0 saturated carbocycles. The highest BCUT2D eigenvalue weighted by Crippen LogP contribution is 2.30. The molecule has 0 amide bonds. The SMILES string of the molecule is Cc1ccc(OCCC(F)(F)F)c(N2CCNCC2)c1. The number of nitrogens with zero attached hydrogens (tertiary/aromatic N) is 1. The van der Waals surface area contributed by atoms with Gasteiger partial charge in [-0.1, -0.05) is 6.07 Å². The number of benzene rings is 1. The minimum Gasteiger partial charge on any atom is -0.491 e. The molecule has 1 aliphatic rings. The van der Waals surface area contributed by atoms with Gasteiger partial charge < -0.3 is 15.0 Å². The van der Waals surface area contributed by atoms with Crippen molar-refractivity contribution in [3.63, 3.8) is 0 Å². The molecular weight excluding hydrogens is 269 g/mol. The molecule has 6 heteroatoms. The number of hydrogen-bond donors (Lipinski definition) is 1. The van der Waals surface area contributed by atoms with E-state index in [-0.39, 0.29) is 6.61 Å². The van der Waals surface area contributed by atoms with E-state index in [4.69, 9.17) is 4.74 Å². The molecule has 0 radical (unpaired) electrons. The molecule has 1 heterocycles. The van der Waals surface area contributed by atoms with Crippen molar-refractivity contribution in [2.75, 3.05) is 37.7 Å². The van der Waals surface area contributed by atoms with E-state index in [9.17, 15) is 13.2 Å². The topological polar surface area (TPSA) is 24.5 Å². The zero-order valence-electron chi connectivity index (χ0n) is 11.5. The summed E-state index contributed by atoms with van der Waals surface area (Å²) >= 11 is 0. The van der Waals surface area contributed by atoms with Crippen LogP contribution in [0.1, 0.15) is 12.0 Å². The number of nitrogens with one attached hydrogen (secondary N) is 1. The van der Waals surface area contributed by atoms with Crippen molar-refractivity contribution in [2.24, 2.45) is 0 Å². The summed E-state index contributed by atoms with van der Waals surface area (Å²) in [5.74, 6) is 0.529. The predicted octanol–water partition coefficient (Wildman–Crippen LogP) is 2.74. The number of rotatable bonds is 4. The smallest absolute Gasteiger partial charge is 0.392 e. The maximum absolute atomic E-state index is 12.2. The molecule has 112 valence electrons. The van der Waals surface area contributed by atoms with Crippen LogP contribution in [0.2, 0.25) is 0 Å². The molecule has 0 atom stereocenters. The number of piperazine rings is 1. The second-order valence-corrected chi connectivity index (χ2v) is 4.92. The second kappa shape index (κ2) is 6.35. The molecule has 20 heavy (non-hydrogen) atoms. The predicted molar refractivity (Wildman–Crippen MR) is 72.4 cm³/mol. The van der Waals surface area contributed by atoms with Gasteiger partial charge in [-0.2, -0.15) is 13.2 Å². The Hall–Kier alpha value is -1.43. The van der Waals surface area contributed by atoms with Crippen molar-refractivity contribution in [1.29, 1.82) is 0 Å². The van der Waals surface area contributed by atoms with E-state index in [1.165, 1.54) is 0 Å². The lowest BCUT2D eigenvalue weighted by Gasteiger charge is -2.31. The third kappa shape index (κ3) is 4.30. The fraction of sp³-hybridized carbons (Fsp3) is 0.571. The zero-order chi connectivity index (χ0) is 14.6. The summed E-state index contributed by atoms with van der Waals surface area (Å²) in [5.41, 5.74) is 1.95. The summed E-state index contributed by atoms with van der Waals surface area (Å²) in [5, 5.41) is 3.25. The zero-order valence-corrected chi connectivity index (χ0v) is 11.5. The molecule has 0 spiro atoms. The Morgan fingerprint density at radius 1 is 1.25 bits per heavy atom. The van der Waals surface area contributed by atoms with E-state index in [0.717, 1.165) is 37.4 Å². The summed E-state index contributed by atoms with van der Waals surface area (Å²) in [6.45, 7) is 5.03. The first kappa shape index (κ1) is 15.0. The van der Waals surface area contributed by atoms with Gasteiger partial charge in [0.15, 0.2) is 0 Å². The molecule has 1 saturated heterocycles. The van der Waals surface area contributed by atoms with Crippen molar-refractivity contribution in [3.05, 3.63) is 23.8 Å². The van der Waals surface area contributed by atoms with Gasteiger partial charge in [-0.05, 0) is 24.6 Å². The molecule has 3 nitrogen and oxygen atoms in total. The van der Waals surface area contributed by atoms with Gasteiger partial charge in [0.25, 0.3) is 0 Å². The minimum absolute atomic E-state index is 0.342. The first-order valence-corrected chi connectivity index (χ1v) is 6.71. The van der Waals surface area contributed by atoms with E-state index < -0.39 is 12.6 Å². The Kier molecular flexibility index (Phi) is 4.75. The van der Waals surface area contributed by atoms with Crippen molar-refractivity contribution < 1.29 is 17.9 Å². The molecular formula is C14H19F3N2O. The second-order valence-electron chi connectivity index (χ2n) is 4.92. The monoisotopic (exact) mass is 288 g/mol. The van der Waals surface area contributed by atoms with Crippen LogP contribution in [-0.2, 0) is 0 Å². The van der Waals surface area contributed by atoms with Crippen molar-refractivity contribution in [3.8, 4) is 5.75 Å². The van der Waals surface area contributed by atoms with E-state index in [2.05, 4.69) is 10.2 Å². The summed E-state index contributed by atoms with van der Waals surface area (Å²) in [4.78, 5) is 2.15. The van der Waals surface area contributed by atoms with Gasteiger partial charge in [-0.25, -0.2) is 0 Å². The fourth-order valence-electron chi connectivity index (χ4n) is 2.18. The first-order chi connectivity index (χ1) is 9.46. The number of halogens is 3. The molecule has 1 aliphatic heterocycles. The third-order valence-corrected chi connectivity index (χ3v) is 3.22.